The van der Waals surface area contributed by atoms with Gasteiger partial charge in [0.25, 0.3) is 0 Å². The lowest BCUT2D eigenvalue weighted by Gasteiger charge is -2.33. The number of urea groups is 1. The first kappa shape index (κ1) is 13.1. The Morgan fingerprint density at radius 1 is 1.40 bits per heavy atom. The van der Waals surface area contributed by atoms with Crippen molar-refractivity contribution in [2.75, 3.05) is 11.9 Å². The Hall–Kier alpha value is -1.88. The molecule has 0 fully saturated rings. The first-order chi connectivity index (χ1) is 9.66. The van der Waals surface area contributed by atoms with Crippen LogP contribution in [0.2, 0.25) is 0 Å². The molecule has 2 heterocycles. The van der Waals surface area contributed by atoms with Crippen molar-refractivity contribution in [1.29, 1.82) is 0 Å². The lowest BCUT2D eigenvalue weighted by molar-refractivity contribution is 0.189. The van der Waals surface area contributed by atoms with E-state index in [1.807, 2.05) is 6.92 Å². The number of para-hydroxylation sites is 1. The summed E-state index contributed by atoms with van der Waals surface area (Å²) >= 11 is 1.73. The summed E-state index contributed by atoms with van der Waals surface area (Å²) in [4.78, 5) is 15.4. The predicted octanol–water partition coefficient (Wildman–Crippen LogP) is 4.04. The molecule has 0 bridgehead atoms. The third-order valence-corrected chi connectivity index (χ3v) is 4.65. The van der Waals surface area contributed by atoms with Crippen molar-refractivity contribution in [2.24, 2.45) is 0 Å². The van der Waals surface area contributed by atoms with E-state index in [1.54, 1.807) is 34.4 Å². The minimum absolute atomic E-state index is 0.0248. The fraction of sp³-hybridized carbons (Fsp3) is 0.267. The largest absolute Gasteiger partial charge is 0.322 e. The fourth-order valence-corrected chi connectivity index (χ4v) is 3.50. The number of anilines is 1. The minimum Gasteiger partial charge on any atom is -0.317 e. The number of thiophene rings is 1. The minimum atomic E-state index is -0.415. The van der Waals surface area contributed by atoms with Crippen LogP contribution in [0.5, 0.6) is 0 Å². The Bertz CT molecular complexity index is 640. The maximum absolute atomic E-state index is 13.6. The van der Waals surface area contributed by atoms with Crippen LogP contribution in [0.15, 0.2) is 35.7 Å². The molecule has 1 aliphatic rings. The number of carbonyl (C=O) groups is 1. The highest BCUT2D eigenvalue weighted by Crippen LogP contribution is 2.33. The number of fused-ring (bicyclic) bond motifs is 1. The average Bonchev–Trinajstić information content (AvgIpc) is 2.91. The van der Waals surface area contributed by atoms with E-state index in [1.165, 1.54) is 16.5 Å². The molecular weight excluding hydrogens is 275 g/mol. The molecular formula is C15H15FN2OS. The molecule has 1 N–H and O–H groups in total. The van der Waals surface area contributed by atoms with Gasteiger partial charge in [0.05, 0.1) is 11.7 Å². The van der Waals surface area contributed by atoms with E-state index >= 15 is 0 Å². The van der Waals surface area contributed by atoms with Gasteiger partial charge in [-0.25, -0.2) is 9.18 Å². The van der Waals surface area contributed by atoms with Gasteiger partial charge >= 0.3 is 6.03 Å². The Balaban J connectivity index is 1.77. The molecule has 0 saturated carbocycles. The molecule has 1 unspecified atom stereocenters. The van der Waals surface area contributed by atoms with Gasteiger partial charge in [-0.15, -0.1) is 11.3 Å². The summed E-state index contributed by atoms with van der Waals surface area (Å²) in [7, 11) is 0. The molecule has 3 rings (SSSR count). The zero-order chi connectivity index (χ0) is 14.1. The number of halogens is 1. The Morgan fingerprint density at radius 3 is 3.00 bits per heavy atom. The van der Waals surface area contributed by atoms with Crippen molar-refractivity contribution in [3.8, 4) is 0 Å². The highest BCUT2D eigenvalue weighted by Gasteiger charge is 2.28. The Morgan fingerprint density at radius 2 is 2.20 bits per heavy atom. The molecule has 2 amide bonds. The van der Waals surface area contributed by atoms with Crippen molar-refractivity contribution in [2.45, 2.75) is 19.4 Å². The first-order valence-electron chi connectivity index (χ1n) is 6.55. The number of amides is 2. The van der Waals surface area contributed by atoms with Gasteiger partial charge in [0.1, 0.15) is 5.82 Å². The van der Waals surface area contributed by atoms with Crippen LogP contribution in [0.25, 0.3) is 0 Å². The number of nitrogens with one attached hydrogen (secondary N) is 1. The van der Waals surface area contributed by atoms with Crippen molar-refractivity contribution >= 4 is 23.1 Å². The summed E-state index contributed by atoms with van der Waals surface area (Å²) in [6.45, 7) is 2.67. The number of hydrogen-bond acceptors (Lipinski definition) is 2. The molecule has 0 radical (unpaired) electrons. The number of nitrogens with zero attached hydrogens (tertiary/aromatic N) is 1. The summed E-state index contributed by atoms with van der Waals surface area (Å²) < 4.78 is 13.6. The van der Waals surface area contributed by atoms with Gasteiger partial charge < -0.3 is 10.2 Å². The number of benzene rings is 1. The van der Waals surface area contributed by atoms with E-state index < -0.39 is 5.82 Å². The zero-order valence-corrected chi connectivity index (χ0v) is 11.9. The quantitative estimate of drug-likeness (QED) is 0.844. The summed E-state index contributed by atoms with van der Waals surface area (Å²) in [5.74, 6) is -0.415. The molecule has 0 saturated heterocycles. The van der Waals surface area contributed by atoms with Gasteiger partial charge in [0.15, 0.2) is 0 Å². The van der Waals surface area contributed by atoms with Crippen molar-refractivity contribution in [3.63, 3.8) is 0 Å². The van der Waals surface area contributed by atoms with E-state index in [0.29, 0.717) is 6.54 Å². The van der Waals surface area contributed by atoms with Gasteiger partial charge in [-0.3, -0.25) is 0 Å². The van der Waals surface area contributed by atoms with Crippen LogP contribution in [0, 0.1) is 5.82 Å². The van der Waals surface area contributed by atoms with Crippen LogP contribution in [0.3, 0.4) is 0 Å². The monoisotopic (exact) mass is 290 g/mol. The van der Waals surface area contributed by atoms with E-state index in [2.05, 4.69) is 16.8 Å². The van der Waals surface area contributed by atoms with Gasteiger partial charge in [-0.1, -0.05) is 12.1 Å². The molecule has 3 nitrogen and oxygen atoms in total. The lowest BCUT2D eigenvalue weighted by atomic mass is 10.0. The zero-order valence-electron chi connectivity index (χ0n) is 11.1. The summed E-state index contributed by atoms with van der Waals surface area (Å²) in [6.07, 6.45) is 0.863. The first-order valence-corrected chi connectivity index (χ1v) is 7.43. The Kier molecular flexibility index (Phi) is 3.44. The molecule has 2 aromatic rings. The summed E-state index contributed by atoms with van der Waals surface area (Å²) in [6, 6.07) is 8.05. The van der Waals surface area contributed by atoms with E-state index in [-0.39, 0.29) is 17.8 Å². The standard InChI is InChI=1S/C15H15FN2OS/c1-10-11-7-9-20-14(11)6-8-18(10)15(19)17-13-5-3-2-4-12(13)16/h2-5,7,9-10H,6,8H2,1H3,(H,17,19). The highest BCUT2D eigenvalue weighted by atomic mass is 32.1. The molecule has 0 spiro atoms. The topological polar surface area (TPSA) is 32.3 Å². The summed E-state index contributed by atoms with van der Waals surface area (Å²) in [5, 5.41) is 4.70. The Labute approximate surface area is 121 Å². The number of carbonyl (C=O) groups excluding carboxylic acids is 1. The van der Waals surface area contributed by atoms with Crippen LogP contribution in [0.4, 0.5) is 14.9 Å². The van der Waals surface area contributed by atoms with Crippen LogP contribution in [-0.4, -0.2) is 17.5 Å². The number of hydrogen-bond donors (Lipinski definition) is 1. The smallest absolute Gasteiger partial charge is 0.317 e. The second-order valence-electron chi connectivity index (χ2n) is 4.83. The number of rotatable bonds is 1. The van der Waals surface area contributed by atoms with Crippen LogP contribution in [0.1, 0.15) is 23.4 Å². The third kappa shape index (κ3) is 2.29. The SMILES string of the molecule is CC1c2ccsc2CCN1C(=O)Nc1ccccc1F. The van der Waals surface area contributed by atoms with Gasteiger partial charge in [0, 0.05) is 11.4 Å². The maximum Gasteiger partial charge on any atom is 0.322 e. The molecule has 1 aromatic heterocycles. The van der Waals surface area contributed by atoms with E-state index in [4.69, 9.17) is 0 Å². The maximum atomic E-state index is 13.6. The highest BCUT2D eigenvalue weighted by molar-refractivity contribution is 7.10. The summed E-state index contributed by atoms with van der Waals surface area (Å²) in [5.41, 5.74) is 1.42. The van der Waals surface area contributed by atoms with Crippen LogP contribution < -0.4 is 5.32 Å². The lowest BCUT2D eigenvalue weighted by Crippen LogP contribution is -2.41. The van der Waals surface area contributed by atoms with Crippen molar-refractivity contribution in [1.82, 2.24) is 4.90 Å². The average molecular weight is 290 g/mol. The van der Waals surface area contributed by atoms with Crippen LogP contribution >= 0.6 is 11.3 Å². The van der Waals surface area contributed by atoms with Crippen molar-refractivity contribution < 1.29 is 9.18 Å². The molecule has 1 aliphatic heterocycles. The second-order valence-corrected chi connectivity index (χ2v) is 5.83. The van der Waals surface area contributed by atoms with E-state index in [9.17, 15) is 9.18 Å². The normalized spacial score (nSPS) is 17.7. The molecule has 1 aromatic carbocycles. The molecule has 0 aliphatic carbocycles. The van der Waals surface area contributed by atoms with Crippen LogP contribution in [-0.2, 0) is 6.42 Å². The predicted molar refractivity (Wildman–Crippen MR) is 78.6 cm³/mol. The molecule has 1 atom stereocenters. The third-order valence-electron chi connectivity index (χ3n) is 3.65. The van der Waals surface area contributed by atoms with E-state index in [0.717, 1.165) is 6.42 Å². The van der Waals surface area contributed by atoms with Gasteiger partial charge in [-0.05, 0) is 42.5 Å². The van der Waals surface area contributed by atoms with Gasteiger partial charge in [0.2, 0.25) is 0 Å². The second kappa shape index (κ2) is 5.25. The van der Waals surface area contributed by atoms with Gasteiger partial charge in [-0.2, -0.15) is 0 Å². The van der Waals surface area contributed by atoms with Crippen molar-refractivity contribution in [3.05, 3.63) is 52.0 Å². The molecule has 5 heteroatoms. The molecule has 20 heavy (non-hydrogen) atoms. The molecule has 104 valence electrons. The fourth-order valence-electron chi connectivity index (χ4n) is 2.54.